The highest BCUT2D eigenvalue weighted by Crippen LogP contribution is 2.40. The van der Waals surface area contributed by atoms with E-state index in [2.05, 4.69) is 0 Å². The number of ketones is 1. The van der Waals surface area contributed by atoms with Crippen molar-refractivity contribution in [2.75, 3.05) is 0 Å². The number of epoxide rings is 1. The van der Waals surface area contributed by atoms with Crippen LogP contribution in [0.2, 0.25) is 0 Å². The summed E-state index contributed by atoms with van der Waals surface area (Å²) in [6.07, 6.45) is -0.976. The van der Waals surface area contributed by atoms with Crippen molar-refractivity contribution >= 4 is 5.78 Å². The summed E-state index contributed by atoms with van der Waals surface area (Å²) in [5, 5.41) is 9.04. The molecule has 2 aliphatic rings. The summed E-state index contributed by atoms with van der Waals surface area (Å²) in [7, 11) is 0. The lowest BCUT2D eigenvalue weighted by Crippen LogP contribution is -2.25. The first-order valence-electron chi connectivity index (χ1n) is 3.09. The zero-order chi connectivity index (χ0) is 6.59. The maximum Gasteiger partial charge on any atom is 0.192 e. The van der Waals surface area contributed by atoms with E-state index < -0.39 is 6.10 Å². The first kappa shape index (κ1) is 5.38. The van der Waals surface area contributed by atoms with Crippen molar-refractivity contribution in [2.24, 2.45) is 5.92 Å². The van der Waals surface area contributed by atoms with E-state index in [4.69, 9.17) is 9.84 Å². The molecule has 1 aliphatic carbocycles. The molecule has 2 fully saturated rings. The normalized spacial score (nSPS) is 55.6. The first-order chi connectivity index (χ1) is 4.22. The van der Waals surface area contributed by atoms with Gasteiger partial charge in [0, 0.05) is 5.92 Å². The molecule has 1 saturated heterocycles. The van der Waals surface area contributed by atoms with Crippen molar-refractivity contribution in [1.29, 1.82) is 0 Å². The van der Waals surface area contributed by atoms with Crippen molar-refractivity contribution in [2.45, 2.75) is 25.2 Å². The van der Waals surface area contributed by atoms with Gasteiger partial charge < -0.3 is 9.84 Å². The molecule has 1 heterocycles. The molecule has 1 saturated carbocycles. The molecule has 3 nitrogen and oxygen atoms in total. The van der Waals surface area contributed by atoms with E-state index in [1.165, 1.54) is 0 Å². The fraction of sp³-hybridized carbons (Fsp3) is 0.833. The molecule has 50 valence electrons. The van der Waals surface area contributed by atoms with Crippen LogP contribution in [0, 0.1) is 5.92 Å². The number of aliphatic hydroxyl groups is 1. The summed E-state index contributed by atoms with van der Waals surface area (Å²) in [6.45, 7) is 1.83. The SMILES string of the molecule is CC1C(O)C(=O)C2OC21. The number of hydrogen-bond donors (Lipinski definition) is 1. The summed E-state index contributed by atoms with van der Waals surface area (Å²) in [5.74, 6) is -0.116. The van der Waals surface area contributed by atoms with Gasteiger partial charge in [0.25, 0.3) is 0 Å². The lowest BCUT2D eigenvalue weighted by molar-refractivity contribution is -0.129. The molecule has 4 atom stereocenters. The van der Waals surface area contributed by atoms with Crippen LogP contribution in [0.15, 0.2) is 0 Å². The second-order valence-electron chi connectivity index (χ2n) is 2.73. The third-order valence-electron chi connectivity index (χ3n) is 2.11. The molecule has 1 aliphatic heterocycles. The number of aliphatic hydroxyl groups excluding tert-OH is 1. The minimum atomic E-state index is -0.756. The maximum absolute atomic E-state index is 10.8. The van der Waals surface area contributed by atoms with E-state index in [9.17, 15) is 4.79 Å². The van der Waals surface area contributed by atoms with E-state index >= 15 is 0 Å². The van der Waals surface area contributed by atoms with Gasteiger partial charge in [0.05, 0.1) is 6.10 Å². The largest absolute Gasteiger partial charge is 0.385 e. The average molecular weight is 128 g/mol. The number of carbonyl (C=O) groups excluding carboxylic acids is 1. The molecule has 0 radical (unpaired) electrons. The third-order valence-corrected chi connectivity index (χ3v) is 2.11. The molecule has 3 heteroatoms. The Morgan fingerprint density at radius 1 is 1.67 bits per heavy atom. The average Bonchev–Trinajstić information content (AvgIpc) is 2.56. The van der Waals surface area contributed by atoms with Crippen molar-refractivity contribution in [3.8, 4) is 0 Å². The fourth-order valence-electron chi connectivity index (χ4n) is 1.36. The van der Waals surface area contributed by atoms with Crippen LogP contribution in [0.1, 0.15) is 6.92 Å². The second-order valence-corrected chi connectivity index (χ2v) is 2.73. The van der Waals surface area contributed by atoms with Crippen LogP contribution >= 0.6 is 0 Å². The van der Waals surface area contributed by atoms with Gasteiger partial charge in [-0.2, -0.15) is 0 Å². The second kappa shape index (κ2) is 1.36. The molecule has 2 rings (SSSR count). The molecular weight excluding hydrogens is 120 g/mol. The van der Waals surface area contributed by atoms with Gasteiger partial charge >= 0.3 is 0 Å². The Morgan fingerprint density at radius 2 is 2.33 bits per heavy atom. The molecule has 0 aromatic rings. The van der Waals surface area contributed by atoms with Crippen LogP contribution in [-0.4, -0.2) is 29.2 Å². The minimum Gasteiger partial charge on any atom is -0.385 e. The van der Waals surface area contributed by atoms with E-state index in [0.717, 1.165) is 0 Å². The van der Waals surface area contributed by atoms with Crippen molar-refractivity contribution in [3.63, 3.8) is 0 Å². The number of carbonyl (C=O) groups is 1. The summed E-state index contributed by atoms with van der Waals surface area (Å²) in [5.41, 5.74) is 0. The van der Waals surface area contributed by atoms with E-state index in [1.54, 1.807) is 0 Å². The monoisotopic (exact) mass is 128 g/mol. The molecule has 1 N–H and O–H groups in total. The van der Waals surface area contributed by atoms with Gasteiger partial charge in [-0.05, 0) is 0 Å². The maximum atomic E-state index is 10.8. The lowest BCUT2D eigenvalue weighted by atomic mass is 10.1. The molecule has 9 heavy (non-hydrogen) atoms. The Labute approximate surface area is 52.6 Å². The number of ether oxygens (including phenoxy) is 1. The molecule has 0 aromatic heterocycles. The summed E-state index contributed by atoms with van der Waals surface area (Å²) in [6, 6.07) is 0. The Kier molecular flexibility index (Phi) is 0.811. The standard InChI is InChI=1S/C6H8O3/c1-2-3(7)4(8)6-5(2)9-6/h2-3,5-7H,1H3. The Balaban J connectivity index is 2.23. The number of fused-ring (bicyclic) bond motifs is 1. The fourth-order valence-corrected chi connectivity index (χ4v) is 1.36. The van der Waals surface area contributed by atoms with Gasteiger partial charge in [-0.25, -0.2) is 0 Å². The van der Waals surface area contributed by atoms with E-state index in [-0.39, 0.29) is 23.9 Å². The van der Waals surface area contributed by atoms with E-state index in [0.29, 0.717) is 0 Å². The van der Waals surface area contributed by atoms with Crippen LogP contribution in [0.25, 0.3) is 0 Å². The van der Waals surface area contributed by atoms with Crippen molar-refractivity contribution < 1.29 is 14.6 Å². The van der Waals surface area contributed by atoms with Gasteiger partial charge in [0.2, 0.25) is 0 Å². The zero-order valence-electron chi connectivity index (χ0n) is 5.07. The van der Waals surface area contributed by atoms with Crippen LogP contribution in [-0.2, 0) is 9.53 Å². The molecule has 4 unspecified atom stereocenters. The number of rotatable bonds is 0. The molecule has 0 bridgehead atoms. The number of Topliss-reactive ketones (excluding diaryl/α,β-unsaturated/α-hetero) is 1. The Hall–Kier alpha value is -0.410. The van der Waals surface area contributed by atoms with Crippen LogP contribution < -0.4 is 0 Å². The van der Waals surface area contributed by atoms with E-state index in [1.807, 2.05) is 6.92 Å². The summed E-state index contributed by atoms with van der Waals surface area (Å²) < 4.78 is 4.94. The topological polar surface area (TPSA) is 49.8 Å². The molecule has 0 aromatic carbocycles. The molecule has 0 spiro atoms. The van der Waals surface area contributed by atoms with Gasteiger partial charge in [0.1, 0.15) is 12.2 Å². The summed E-state index contributed by atoms with van der Waals surface area (Å²) >= 11 is 0. The summed E-state index contributed by atoms with van der Waals surface area (Å²) in [4.78, 5) is 10.8. The number of hydrogen-bond acceptors (Lipinski definition) is 3. The molecule has 0 amide bonds. The highest BCUT2D eigenvalue weighted by atomic mass is 16.6. The van der Waals surface area contributed by atoms with Crippen LogP contribution in [0.4, 0.5) is 0 Å². The van der Waals surface area contributed by atoms with Crippen LogP contribution in [0.5, 0.6) is 0 Å². The lowest BCUT2D eigenvalue weighted by Gasteiger charge is -2.07. The quantitative estimate of drug-likeness (QED) is 0.440. The highest BCUT2D eigenvalue weighted by molar-refractivity contribution is 5.93. The van der Waals surface area contributed by atoms with Gasteiger partial charge in [-0.3, -0.25) is 4.79 Å². The zero-order valence-corrected chi connectivity index (χ0v) is 5.07. The smallest absolute Gasteiger partial charge is 0.192 e. The first-order valence-corrected chi connectivity index (χ1v) is 3.09. The minimum absolute atomic E-state index is 0.0162. The van der Waals surface area contributed by atoms with Gasteiger partial charge in [0.15, 0.2) is 5.78 Å². The van der Waals surface area contributed by atoms with Gasteiger partial charge in [-0.1, -0.05) is 6.92 Å². The Morgan fingerprint density at radius 3 is 2.56 bits per heavy atom. The van der Waals surface area contributed by atoms with Gasteiger partial charge in [-0.15, -0.1) is 0 Å². The van der Waals surface area contributed by atoms with Crippen molar-refractivity contribution in [3.05, 3.63) is 0 Å². The van der Waals surface area contributed by atoms with Crippen LogP contribution in [0.3, 0.4) is 0 Å². The third kappa shape index (κ3) is 0.509. The highest BCUT2D eigenvalue weighted by Gasteiger charge is 2.59. The van der Waals surface area contributed by atoms with Crippen molar-refractivity contribution in [1.82, 2.24) is 0 Å². The predicted octanol–water partition coefficient (Wildman–Crippen LogP) is -0.667. The Bertz CT molecular complexity index is 166. The predicted molar refractivity (Wildman–Crippen MR) is 28.8 cm³/mol. The molecular formula is C6H8O3.